The lowest BCUT2D eigenvalue weighted by atomic mass is 10.3. The summed E-state index contributed by atoms with van der Waals surface area (Å²) in [5.74, 6) is 5.89. The Kier molecular flexibility index (Phi) is 3.48. The highest BCUT2D eigenvalue weighted by atomic mass is 35.5. The van der Waals surface area contributed by atoms with E-state index in [1.807, 2.05) is 13.0 Å². The third-order valence-electron chi connectivity index (χ3n) is 1.30. The number of rotatable bonds is 2. The van der Waals surface area contributed by atoms with Crippen molar-refractivity contribution >= 4 is 22.9 Å². The first kappa shape index (κ1) is 8.64. The van der Waals surface area contributed by atoms with Gasteiger partial charge in [0.15, 0.2) is 0 Å². The van der Waals surface area contributed by atoms with Gasteiger partial charge in [0, 0.05) is 11.3 Å². The molecule has 0 amide bonds. The molecule has 11 heavy (non-hydrogen) atoms. The van der Waals surface area contributed by atoms with Crippen molar-refractivity contribution in [3.05, 3.63) is 21.3 Å². The van der Waals surface area contributed by atoms with Gasteiger partial charge in [-0.05, 0) is 25.5 Å². The minimum atomic E-state index is 0.865. The fourth-order valence-electron chi connectivity index (χ4n) is 0.797. The van der Waals surface area contributed by atoms with Gasteiger partial charge >= 0.3 is 0 Å². The van der Waals surface area contributed by atoms with Crippen LogP contribution in [-0.2, 0) is 6.42 Å². The quantitative estimate of drug-likeness (QED) is 0.619. The fraction of sp³-hybridized carbons (Fsp3) is 0.333. The molecule has 0 spiro atoms. The van der Waals surface area contributed by atoms with E-state index in [4.69, 9.17) is 11.6 Å². The Labute approximate surface area is 76.2 Å². The maximum absolute atomic E-state index is 5.76. The Morgan fingerprint density at radius 2 is 2.36 bits per heavy atom. The van der Waals surface area contributed by atoms with Crippen LogP contribution in [0.15, 0.2) is 12.1 Å². The topological polar surface area (TPSA) is 0 Å². The van der Waals surface area contributed by atoms with Gasteiger partial charge in [0.25, 0.3) is 0 Å². The Morgan fingerprint density at radius 1 is 1.55 bits per heavy atom. The predicted octanol–water partition coefficient (Wildman–Crippen LogP) is 3.36. The zero-order valence-corrected chi connectivity index (χ0v) is 7.93. The highest BCUT2D eigenvalue weighted by Crippen LogP contribution is 2.22. The Balaban J connectivity index is 2.43. The second-order valence-corrected chi connectivity index (χ2v) is 3.93. The molecule has 0 saturated carbocycles. The van der Waals surface area contributed by atoms with E-state index in [-0.39, 0.29) is 0 Å². The van der Waals surface area contributed by atoms with Gasteiger partial charge in [-0.25, -0.2) is 0 Å². The second-order valence-electron chi connectivity index (χ2n) is 2.13. The van der Waals surface area contributed by atoms with E-state index in [0.29, 0.717) is 0 Å². The normalized spacial score (nSPS) is 8.91. The van der Waals surface area contributed by atoms with Gasteiger partial charge < -0.3 is 0 Å². The van der Waals surface area contributed by atoms with Crippen LogP contribution in [0.3, 0.4) is 0 Å². The van der Waals surface area contributed by atoms with E-state index in [2.05, 4.69) is 17.9 Å². The summed E-state index contributed by atoms with van der Waals surface area (Å²) in [5, 5.41) is 0. The van der Waals surface area contributed by atoms with Crippen LogP contribution in [-0.4, -0.2) is 0 Å². The van der Waals surface area contributed by atoms with E-state index in [9.17, 15) is 0 Å². The number of halogens is 1. The Hall–Kier alpha value is -0.450. The van der Waals surface area contributed by atoms with Crippen molar-refractivity contribution in [2.75, 3.05) is 0 Å². The van der Waals surface area contributed by atoms with Crippen LogP contribution in [0.25, 0.3) is 0 Å². The lowest BCUT2D eigenvalue weighted by Crippen LogP contribution is -1.74. The molecule has 2 heteroatoms. The standard InChI is InChI=1S/C9H9ClS/c1-2-3-4-5-8-6-7-9(10)11-8/h6-7H,4-5H2,1H3. The number of hydrogen-bond donors (Lipinski definition) is 0. The number of hydrogen-bond acceptors (Lipinski definition) is 1. The molecule has 1 aromatic heterocycles. The molecule has 58 valence electrons. The maximum Gasteiger partial charge on any atom is 0.0931 e. The Bertz CT molecular complexity index is 277. The molecule has 0 aromatic carbocycles. The molecule has 0 bridgehead atoms. The molecule has 0 unspecified atom stereocenters. The van der Waals surface area contributed by atoms with Gasteiger partial charge in [0.05, 0.1) is 4.34 Å². The first-order valence-corrected chi connectivity index (χ1v) is 4.66. The molecule has 1 rings (SSSR count). The van der Waals surface area contributed by atoms with Gasteiger partial charge in [-0.1, -0.05) is 11.6 Å². The largest absolute Gasteiger partial charge is 0.128 e. The molecule has 0 aliphatic heterocycles. The third-order valence-corrected chi connectivity index (χ3v) is 2.59. The third kappa shape index (κ3) is 2.96. The molecule has 1 aromatic rings. The molecule has 0 nitrogen and oxygen atoms in total. The van der Waals surface area contributed by atoms with Crippen LogP contribution in [0.1, 0.15) is 18.2 Å². The summed E-state index contributed by atoms with van der Waals surface area (Å²) >= 11 is 7.39. The van der Waals surface area contributed by atoms with Crippen molar-refractivity contribution in [2.24, 2.45) is 0 Å². The molecular formula is C9H9ClS. The van der Waals surface area contributed by atoms with Crippen LogP contribution >= 0.6 is 22.9 Å². The lowest BCUT2D eigenvalue weighted by molar-refractivity contribution is 1.06. The molecule has 0 radical (unpaired) electrons. The zero-order valence-electron chi connectivity index (χ0n) is 6.36. The fourth-order valence-corrected chi connectivity index (χ4v) is 1.88. The molecule has 0 fully saturated rings. The number of thiophene rings is 1. The molecule has 1 heterocycles. The smallest absolute Gasteiger partial charge is 0.0931 e. The first-order valence-electron chi connectivity index (χ1n) is 3.47. The monoisotopic (exact) mass is 184 g/mol. The van der Waals surface area contributed by atoms with Crippen LogP contribution in [0.5, 0.6) is 0 Å². The van der Waals surface area contributed by atoms with Gasteiger partial charge in [0.2, 0.25) is 0 Å². The van der Waals surface area contributed by atoms with E-state index >= 15 is 0 Å². The minimum Gasteiger partial charge on any atom is -0.128 e. The van der Waals surface area contributed by atoms with Crippen molar-refractivity contribution < 1.29 is 0 Å². The van der Waals surface area contributed by atoms with E-state index in [1.54, 1.807) is 11.3 Å². The molecule has 0 N–H and O–H groups in total. The summed E-state index contributed by atoms with van der Waals surface area (Å²) in [6.45, 7) is 1.86. The predicted molar refractivity (Wildman–Crippen MR) is 51.1 cm³/mol. The van der Waals surface area contributed by atoms with Gasteiger partial charge in [-0.3, -0.25) is 0 Å². The van der Waals surface area contributed by atoms with Crippen molar-refractivity contribution in [3.63, 3.8) is 0 Å². The lowest BCUT2D eigenvalue weighted by Gasteiger charge is -1.86. The van der Waals surface area contributed by atoms with E-state index in [0.717, 1.165) is 17.2 Å². The van der Waals surface area contributed by atoms with E-state index < -0.39 is 0 Å². The average Bonchev–Trinajstić information content (AvgIpc) is 2.37. The van der Waals surface area contributed by atoms with Crippen LogP contribution in [0.2, 0.25) is 4.34 Å². The van der Waals surface area contributed by atoms with Gasteiger partial charge in [-0.15, -0.1) is 23.2 Å². The van der Waals surface area contributed by atoms with Crippen LogP contribution < -0.4 is 0 Å². The number of aryl methyl sites for hydroxylation is 1. The SMILES string of the molecule is CC#CCCc1ccc(Cl)s1. The van der Waals surface area contributed by atoms with Crippen molar-refractivity contribution in [2.45, 2.75) is 19.8 Å². The van der Waals surface area contributed by atoms with Crippen molar-refractivity contribution in [3.8, 4) is 11.8 Å². The average molecular weight is 185 g/mol. The highest BCUT2D eigenvalue weighted by molar-refractivity contribution is 7.16. The highest BCUT2D eigenvalue weighted by Gasteiger charge is 1.95. The molecule has 0 saturated heterocycles. The second kappa shape index (κ2) is 4.43. The zero-order chi connectivity index (χ0) is 8.10. The summed E-state index contributed by atoms with van der Waals surface area (Å²) < 4.78 is 0.865. The summed E-state index contributed by atoms with van der Waals surface area (Å²) in [6, 6.07) is 3.99. The summed E-state index contributed by atoms with van der Waals surface area (Å²) in [6.07, 6.45) is 1.96. The van der Waals surface area contributed by atoms with Gasteiger partial charge in [0.1, 0.15) is 0 Å². The molecule has 0 aliphatic carbocycles. The molecule has 0 aliphatic rings. The summed E-state index contributed by atoms with van der Waals surface area (Å²) in [4.78, 5) is 1.32. The van der Waals surface area contributed by atoms with E-state index in [1.165, 1.54) is 4.88 Å². The molecule has 0 atom stereocenters. The van der Waals surface area contributed by atoms with Crippen molar-refractivity contribution in [1.29, 1.82) is 0 Å². The maximum atomic E-state index is 5.76. The molecular weight excluding hydrogens is 176 g/mol. The van der Waals surface area contributed by atoms with Crippen LogP contribution in [0.4, 0.5) is 0 Å². The van der Waals surface area contributed by atoms with Gasteiger partial charge in [-0.2, -0.15) is 0 Å². The summed E-state index contributed by atoms with van der Waals surface area (Å²) in [7, 11) is 0. The van der Waals surface area contributed by atoms with Crippen LogP contribution in [0, 0.1) is 11.8 Å². The Morgan fingerprint density at radius 3 is 2.91 bits per heavy atom. The minimum absolute atomic E-state index is 0.865. The van der Waals surface area contributed by atoms with Crippen molar-refractivity contribution in [1.82, 2.24) is 0 Å². The first-order chi connectivity index (χ1) is 5.33. The summed E-state index contributed by atoms with van der Waals surface area (Å²) in [5.41, 5.74) is 0.